The summed E-state index contributed by atoms with van der Waals surface area (Å²) in [5.41, 5.74) is 1.32. The molecular weight excluding hydrogens is 409 g/mol. The summed E-state index contributed by atoms with van der Waals surface area (Å²) in [5.74, 6) is -1.12. The molecule has 0 bridgehead atoms. The van der Waals surface area contributed by atoms with Crippen molar-refractivity contribution in [2.45, 2.75) is 13.8 Å². The predicted octanol–water partition coefficient (Wildman–Crippen LogP) is 3.07. The van der Waals surface area contributed by atoms with Gasteiger partial charge in [0.1, 0.15) is 11.5 Å². The van der Waals surface area contributed by atoms with Gasteiger partial charge in [-0.05, 0) is 37.7 Å². The Kier molecular flexibility index (Phi) is 6.32. The Morgan fingerprint density at radius 1 is 1.03 bits per heavy atom. The van der Waals surface area contributed by atoms with Crippen molar-refractivity contribution in [3.05, 3.63) is 82.0 Å². The van der Waals surface area contributed by atoms with Crippen LogP contribution in [0.25, 0.3) is 5.69 Å². The van der Waals surface area contributed by atoms with Gasteiger partial charge in [0.15, 0.2) is 5.69 Å². The van der Waals surface area contributed by atoms with Crippen LogP contribution in [0.15, 0.2) is 59.4 Å². The van der Waals surface area contributed by atoms with Crippen molar-refractivity contribution in [2.75, 3.05) is 42.9 Å². The fourth-order valence-electron chi connectivity index (χ4n) is 3.91. The number of amides is 1. The molecule has 1 aliphatic heterocycles. The lowest BCUT2D eigenvalue weighted by Crippen LogP contribution is -2.46. The number of carbonyl (C=O) groups is 1. The maximum atomic E-state index is 14.3. The number of aromatic nitrogens is 2. The average Bonchev–Trinajstić information content (AvgIpc) is 2.80. The highest BCUT2D eigenvalue weighted by Gasteiger charge is 2.21. The molecule has 7 nitrogen and oxygen atoms in total. The summed E-state index contributed by atoms with van der Waals surface area (Å²) in [6, 6.07) is 14.9. The van der Waals surface area contributed by atoms with Crippen LogP contribution in [-0.4, -0.2) is 53.3 Å². The van der Waals surface area contributed by atoms with E-state index in [1.807, 2.05) is 24.3 Å². The lowest BCUT2D eigenvalue weighted by Gasteiger charge is -2.36. The lowest BCUT2D eigenvalue weighted by atomic mass is 10.2. The van der Waals surface area contributed by atoms with Crippen LogP contribution in [0.3, 0.4) is 0 Å². The van der Waals surface area contributed by atoms with Crippen LogP contribution in [0, 0.1) is 12.7 Å². The van der Waals surface area contributed by atoms with Crippen LogP contribution >= 0.6 is 0 Å². The molecule has 1 aromatic heterocycles. The van der Waals surface area contributed by atoms with E-state index in [9.17, 15) is 14.0 Å². The molecule has 0 aliphatic carbocycles. The van der Waals surface area contributed by atoms with Crippen LogP contribution in [0.4, 0.5) is 15.8 Å². The fraction of sp³-hybridized carbons (Fsp3) is 0.292. The third kappa shape index (κ3) is 4.40. The number of anilines is 2. The van der Waals surface area contributed by atoms with Crippen LogP contribution in [-0.2, 0) is 0 Å². The summed E-state index contributed by atoms with van der Waals surface area (Å²) in [7, 11) is 0. The van der Waals surface area contributed by atoms with E-state index in [1.165, 1.54) is 16.8 Å². The van der Waals surface area contributed by atoms with Crippen LogP contribution < -0.4 is 15.6 Å². The topological polar surface area (TPSA) is 70.5 Å². The van der Waals surface area contributed by atoms with Crippen molar-refractivity contribution in [3.8, 4) is 5.69 Å². The minimum absolute atomic E-state index is 0.174. The summed E-state index contributed by atoms with van der Waals surface area (Å²) in [6.45, 7) is 8.41. The van der Waals surface area contributed by atoms with Gasteiger partial charge in [0.2, 0.25) is 5.43 Å². The molecule has 32 heavy (non-hydrogen) atoms. The van der Waals surface area contributed by atoms with Gasteiger partial charge in [0.25, 0.3) is 5.91 Å². The molecule has 166 valence electrons. The first-order chi connectivity index (χ1) is 15.5. The smallest absolute Gasteiger partial charge is 0.280 e. The molecule has 4 rings (SSSR count). The minimum Gasteiger partial charge on any atom is -0.367 e. The van der Waals surface area contributed by atoms with E-state index in [-0.39, 0.29) is 11.4 Å². The second-order valence-electron chi connectivity index (χ2n) is 7.75. The Balaban J connectivity index is 1.63. The highest BCUT2D eigenvalue weighted by molar-refractivity contribution is 6.04. The molecule has 1 fully saturated rings. The first-order valence-electron chi connectivity index (χ1n) is 10.7. The SMILES string of the molecule is CCN1CCN(c2ccccc2NC(=O)c2nn(-c3ccccc3F)c(C)cc2=O)CC1. The molecule has 0 spiro atoms. The van der Waals surface area contributed by atoms with Crippen molar-refractivity contribution in [2.24, 2.45) is 0 Å². The first-order valence-corrected chi connectivity index (χ1v) is 10.7. The van der Waals surface area contributed by atoms with E-state index in [4.69, 9.17) is 0 Å². The van der Waals surface area contributed by atoms with Gasteiger partial charge in [-0.25, -0.2) is 9.07 Å². The van der Waals surface area contributed by atoms with Crippen LogP contribution in [0.2, 0.25) is 0 Å². The standard InChI is InChI=1S/C24H26FN5O2/c1-3-28-12-14-29(15-13-28)21-11-7-5-9-19(21)26-24(32)23-22(31)16-17(2)30(27-23)20-10-6-4-8-18(20)25/h4-11,16H,3,12-15H2,1-2H3,(H,26,32). The van der Waals surface area contributed by atoms with Crippen molar-refractivity contribution in [1.29, 1.82) is 0 Å². The summed E-state index contributed by atoms with van der Waals surface area (Å²) in [5, 5.41) is 7.03. The summed E-state index contributed by atoms with van der Waals surface area (Å²) >= 11 is 0. The van der Waals surface area contributed by atoms with Gasteiger partial charge in [-0.15, -0.1) is 0 Å². The second-order valence-corrected chi connectivity index (χ2v) is 7.75. The Hall–Kier alpha value is -3.52. The Labute approximate surface area is 186 Å². The van der Waals surface area contributed by atoms with E-state index >= 15 is 0 Å². The summed E-state index contributed by atoms with van der Waals surface area (Å²) in [4.78, 5) is 30.2. The molecule has 0 radical (unpaired) electrons. The molecule has 2 heterocycles. The number of hydrogen-bond acceptors (Lipinski definition) is 5. The van der Waals surface area contributed by atoms with Crippen LogP contribution in [0.1, 0.15) is 23.1 Å². The zero-order chi connectivity index (χ0) is 22.7. The number of rotatable bonds is 5. The zero-order valence-electron chi connectivity index (χ0n) is 18.2. The number of para-hydroxylation sites is 3. The van der Waals surface area contributed by atoms with E-state index in [2.05, 4.69) is 27.1 Å². The van der Waals surface area contributed by atoms with Crippen molar-refractivity contribution < 1.29 is 9.18 Å². The number of likely N-dealkylation sites (N-methyl/N-ethyl adjacent to an activating group) is 1. The number of carbonyl (C=O) groups excluding carboxylic acids is 1. The van der Waals surface area contributed by atoms with Gasteiger partial charge in [0.05, 0.1) is 11.4 Å². The Bertz CT molecular complexity index is 1190. The highest BCUT2D eigenvalue weighted by Crippen LogP contribution is 2.27. The lowest BCUT2D eigenvalue weighted by molar-refractivity contribution is 0.101. The quantitative estimate of drug-likeness (QED) is 0.667. The predicted molar refractivity (Wildman–Crippen MR) is 123 cm³/mol. The highest BCUT2D eigenvalue weighted by atomic mass is 19.1. The molecule has 3 aromatic rings. The Morgan fingerprint density at radius 2 is 1.69 bits per heavy atom. The fourth-order valence-corrected chi connectivity index (χ4v) is 3.91. The molecule has 8 heteroatoms. The number of halogens is 1. The van der Waals surface area contributed by atoms with Gasteiger partial charge >= 0.3 is 0 Å². The Morgan fingerprint density at radius 3 is 2.38 bits per heavy atom. The monoisotopic (exact) mass is 435 g/mol. The average molecular weight is 436 g/mol. The molecule has 1 amide bonds. The summed E-state index contributed by atoms with van der Waals surface area (Å²) < 4.78 is 15.6. The van der Waals surface area contributed by atoms with E-state index < -0.39 is 17.2 Å². The maximum Gasteiger partial charge on any atom is 0.280 e. The van der Waals surface area contributed by atoms with Gasteiger partial charge in [-0.1, -0.05) is 31.2 Å². The van der Waals surface area contributed by atoms with Crippen molar-refractivity contribution in [3.63, 3.8) is 0 Å². The van der Waals surface area contributed by atoms with E-state index in [0.29, 0.717) is 11.4 Å². The van der Waals surface area contributed by atoms with Crippen LogP contribution in [0.5, 0.6) is 0 Å². The van der Waals surface area contributed by atoms with Crippen molar-refractivity contribution in [1.82, 2.24) is 14.7 Å². The third-order valence-electron chi connectivity index (χ3n) is 5.72. The molecule has 0 unspecified atom stereocenters. The molecule has 0 saturated carbocycles. The normalized spacial score (nSPS) is 14.4. The number of nitrogens with zero attached hydrogens (tertiary/aromatic N) is 4. The number of benzene rings is 2. The molecule has 1 N–H and O–H groups in total. The van der Waals surface area contributed by atoms with Gasteiger partial charge in [0, 0.05) is 37.9 Å². The van der Waals surface area contributed by atoms with Gasteiger partial charge in [-0.3, -0.25) is 9.59 Å². The zero-order valence-corrected chi connectivity index (χ0v) is 18.2. The molecule has 0 atom stereocenters. The molecule has 1 saturated heterocycles. The largest absolute Gasteiger partial charge is 0.367 e. The van der Waals surface area contributed by atoms with Crippen molar-refractivity contribution >= 4 is 17.3 Å². The second kappa shape index (κ2) is 9.32. The number of piperazine rings is 1. The number of nitrogens with one attached hydrogen (secondary N) is 1. The first kappa shape index (κ1) is 21.7. The molecule has 2 aromatic carbocycles. The molecule has 1 aliphatic rings. The molecular formula is C24H26FN5O2. The van der Waals surface area contributed by atoms with Gasteiger partial charge < -0.3 is 15.1 Å². The number of hydrogen-bond donors (Lipinski definition) is 1. The maximum absolute atomic E-state index is 14.3. The number of aryl methyl sites for hydroxylation is 1. The third-order valence-corrected chi connectivity index (χ3v) is 5.72. The van der Waals surface area contributed by atoms with Gasteiger partial charge in [-0.2, -0.15) is 5.10 Å². The summed E-state index contributed by atoms with van der Waals surface area (Å²) in [6.07, 6.45) is 0. The van der Waals surface area contributed by atoms with E-state index in [0.717, 1.165) is 38.4 Å². The minimum atomic E-state index is -0.625. The van der Waals surface area contributed by atoms with E-state index in [1.54, 1.807) is 25.1 Å².